The van der Waals surface area contributed by atoms with Gasteiger partial charge in [0.15, 0.2) is 16.9 Å². The molecule has 0 spiro atoms. The van der Waals surface area contributed by atoms with Gasteiger partial charge in [-0.1, -0.05) is 0 Å². The van der Waals surface area contributed by atoms with E-state index in [-0.39, 0.29) is 23.7 Å². The van der Waals surface area contributed by atoms with Gasteiger partial charge in [0.2, 0.25) is 11.7 Å². The number of carbonyl (C=O) groups excluding carboxylic acids is 2. The van der Waals surface area contributed by atoms with Crippen molar-refractivity contribution in [1.82, 2.24) is 19.5 Å². The number of Topliss-reactive ketones (excluding diaryl/α,β-unsaturated/α-hetero) is 2. The minimum absolute atomic E-state index is 0.0699. The smallest absolute Gasteiger partial charge is 0.280 e. The van der Waals surface area contributed by atoms with Gasteiger partial charge in [0.05, 0.1) is 12.9 Å². The van der Waals surface area contributed by atoms with Gasteiger partial charge >= 0.3 is 0 Å². The van der Waals surface area contributed by atoms with Crippen LogP contribution in [0.15, 0.2) is 11.1 Å². The number of nitrogens with one attached hydrogen (secondary N) is 1. The summed E-state index contributed by atoms with van der Waals surface area (Å²) in [4.78, 5) is 43.5. The zero-order valence-electron chi connectivity index (χ0n) is 8.93. The Morgan fingerprint density at radius 1 is 1.53 bits per heavy atom. The summed E-state index contributed by atoms with van der Waals surface area (Å²) in [5, 5.41) is 0. The highest BCUT2D eigenvalue weighted by atomic mass is 16.2. The molecule has 0 unspecified atom stereocenters. The third kappa shape index (κ3) is 1.92. The largest absolute Gasteiger partial charge is 0.369 e. The molecule has 88 valence electrons. The van der Waals surface area contributed by atoms with Gasteiger partial charge in [0, 0.05) is 6.92 Å². The molecule has 2 rings (SSSR count). The van der Waals surface area contributed by atoms with Gasteiger partial charge in [-0.15, -0.1) is 0 Å². The molecule has 0 amide bonds. The number of ketones is 2. The fourth-order valence-corrected chi connectivity index (χ4v) is 1.35. The maximum atomic E-state index is 11.4. The average molecular weight is 235 g/mol. The molecule has 17 heavy (non-hydrogen) atoms. The molecule has 0 aromatic carbocycles. The average Bonchev–Trinajstić information content (AvgIpc) is 2.61. The number of hydrogen-bond donors (Lipinski definition) is 2. The van der Waals surface area contributed by atoms with Gasteiger partial charge in [0.25, 0.3) is 5.56 Å². The molecule has 0 atom stereocenters. The summed E-state index contributed by atoms with van der Waals surface area (Å²) in [5.74, 6) is -1.23. The van der Waals surface area contributed by atoms with Gasteiger partial charge in [-0.2, -0.15) is 4.98 Å². The maximum absolute atomic E-state index is 11.4. The number of nitrogens with two attached hydrogens (primary N) is 1. The number of anilines is 1. The Morgan fingerprint density at radius 2 is 2.24 bits per heavy atom. The van der Waals surface area contributed by atoms with Crippen LogP contribution >= 0.6 is 0 Å². The number of nitrogen functional groups attached to an aromatic ring is 1. The van der Waals surface area contributed by atoms with E-state index in [1.165, 1.54) is 17.8 Å². The van der Waals surface area contributed by atoms with Gasteiger partial charge < -0.3 is 10.3 Å². The van der Waals surface area contributed by atoms with Crippen molar-refractivity contribution in [2.75, 3.05) is 5.73 Å². The standard InChI is InChI=1S/C9H9N5O3/c1-4(15)5(16)2-14-3-11-6-7(14)12-9(10)13-8(6)17/h3H,2H2,1H3,(H3,10,12,13,17). The van der Waals surface area contributed by atoms with E-state index in [1.807, 2.05) is 0 Å². The molecular weight excluding hydrogens is 226 g/mol. The van der Waals surface area contributed by atoms with E-state index < -0.39 is 17.1 Å². The number of nitrogens with zero attached hydrogens (tertiary/aromatic N) is 3. The lowest BCUT2D eigenvalue weighted by Gasteiger charge is -2.00. The van der Waals surface area contributed by atoms with Gasteiger partial charge in [-0.05, 0) is 0 Å². The summed E-state index contributed by atoms with van der Waals surface area (Å²) in [6.45, 7) is 0.970. The first-order chi connectivity index (χ1) is 7.99. The first kappa shape index (κ1) is 11.0. The predicted octanol–water partition coefficient (Wildman–Crippen LogP) is -1.14. The van der Waals surface area contributed by atoms with Crippen LogP contribution in [-0.4, -0.2) is 31.1 Å². The van der Waals surface area contributed by atoms with Crippen LogP contribution in [0, 0.1) is 0 Å². The van der Waals surface area contributed by atoms with Crippen molar-refractivity contribution in [2.45, 2.75) is 13.5 Å². The first-order valence-electron chi connectivity index (χ1n) is 4.73. The molecule has 3 N–H and O–H groups in total. The minimum atomic E-state index is -0.593. The van der Waals surface area contributed by atoms with Crippen molar-refractivity contribution in [3.8, 4) is 0 Å². The molecule has 8 nitrogen and oxygen atoms in total. The normalized spacial score (nSPS) is 10.6. The minimum Gasteiger partial charge on any atom is -0.369 e. The van der Waals surface area contributed by atoms with Gasteiger partial charge in [-0.25, -0.2) is 4.98 Å². The lowest BCUT2D eigenvalue weighted by Crippen LogP contribution is -2.18. The van der Waals surface area contributed by atoms with Crippen LogP contribution in [0.3, 0.4) is 0 Å². The zero-order valence-corrected chi connectivity index (χ0v) is 8.93. The fraction of sp³-hybridized carbons (Fsp3) is 0.222. The Kier molecular flexibility index (Phi) is 2.47. The number of hydrogen-bond acceptors (Lipinski definition) is 6. The molecule has 0 saturated heterocycles. The molecule has 2 heterocycles. The summed E-state index contributed by atoms with van der Waals surface area (Å²) < 4.78 is 1.31. The van der Waals surface area contributed by atoms with Crippen LogP contribution in [0.4, 0.5) is 5.95 Å². The molecule has 0 radical (unpaired) electrons. The third-order valence-corrected chi connectivity index (χ3v) is 2.20. The SMILES string of the molecule is CC(=O)C(=O)Cn1cnc2c(=O)[nH]c(N)nc21. The van der Waals surface area contributed by atoms with Crippen LogP contribution in [-0.2, 0) is 16.1 Å². The van der Waals surface area contributed by atoms with E-state index in [0.717, 1.165) is 0 Å². The third-order valence-electron chi connectivity index (χ3n) is 2.20. The van der Waals surface area contributed by atoms with E-state index >= 15 is 0 Å². The maximum Gasteiger partial charge on any atom is 0.280 e. The summed E-state index contributed by atoms with van der Waals surface area (Å²) in [6, 6.07) is 0. The van der Waals surface area contributed by atoms with E-state index in [1.54, 1.807) is 0 Å². The van der Waals surface area contributed by atoms with E-state index in [9.17, 15) is 14.4 Å². The van der Waals surface area contributed by atoms with Crippen LogP contribution in [0.5, 0.6) is 0 Å². The van der Waals surface area contributed by atoms with Crippen LogP contribution in [0.2, 0.25) is 0 Å². The van der Waals surface area contributed by atoms with E-state index in [0.29, 0.717) is 0 Å². The molecule has 0 saturated carbocycles. The Balaban J connectivity index is 2.53. The summed E-state index contributed by atoms with van der Waals surface area (Å²) in [5.41, 5.74) is 5.16. The first-order valence-corrected chi connectivity index (χ1v) is 4.73. The number of H-pyrrole nitrogens is 1. The molecular formula is C9H9N5O3. The van der Waals surface area contributed by atoms with Crippen molar-refractivity contribution in [3.05, 3.63) is 16.7 Å². The predicted molar refractivity (Wildman–Crippen MR) is 58.2 cm³/mol. The monoisotopic (exact) mass is 235 g/mol. The van der Waals surface area contributed by atoms with Crippen LogP contribution in [0.1, 0.15) is 6.92 Å². The molecule has 8 heteroatoms. The van der Waals surface area contributed by atoms with Gasteiger partial charge in [-0.3, -0.25) is 19.4 Å². The number of aromatic amines is 1. The highest BCUT2D eigenvalue weighted by molar-refractivity contribution is 6.36. The number of aromatic nitrogens is 4. The fourth-order valence-electron chi connectivity index (χ4n) is 1.35. The molecule has 0 bridgehead atoms. The molecule has 0 aliphatic heterocycles. The molecule has 0 aliphatic carbocycles. The second-order valence-corrected chi connectivity index (χ2v) is 3.48. The molecule has 0 fully saturated rings. The Hall–Kier alpha value is -2.51. The molecule has 0 aliphatic rings. The van der Waals surface area contributed by atoms with Crippen molar-refractivity contribution >= 4 is 28.7 Å². The second-order valence-electron chi connectivity index (χ2n) is 3.48. The van der Waals surface area contributed by atoms with Crippen molar-refractivity contribution < 1.29 is 9.59 Å². The van der Waals surface area contributed by atoms with E-state index in [4.69, 9.17) is 5.73 Å². The van der Waals surface area contributed by atoms with Crippen LogP contribution in [0.25, 0.3) is 11.2 Å². The lowest BCUT2D eigenvalue weighted by atomic mass is 10.3. The highest BCUT2D eigenvalue weighted by Gasteiger charge is 2.14. The van der Waals surface area contributed by atoms with Crippen molar-refractivity contribution in [1.29, 1.82) is 0 Å². The number of carbonyl (C=O) groups is 2. The van der Waals surface area contributed by atoms with Gasteiger partial charge in [0.1, 0.15) is 0 Å². The van der Waals surface area contributed by atoms with E-state index in [2.05, 4.69) is 15.0 Å². The highest BCUT2D eigenvalue weighted by Crippen LogP contribution is 2.06. The number of fused-ring (bicyclic) bond motifs is 1. The topological polar surface area (TPSA) is 124 Å². The summed E-state index contributed by atoms with van der Waals surface area (Å²) in [7, 11) is 0. The van der Waals surface area contributed by atoms with Crippen molar-refractivity contribution in [2.24, 2.45) is 0 Å². The molecule has 2 aromatic rings. The quantitative estimate of drug-likeness (QED) is 0.648. The summed E-state index contributed by atoms with van der Waals surface area (Å²) >= 11 is 0. The second kappa shape index (κ2) is 3.81. The Bertz CT molecular complexity index is 669. The van der Waals surface area contributed by atoms with Crippen LogP contribution < -0.4 is 11.3 Å². The zero-order chi connectivity index (χ0) is 12.6. The van der Waals surface area contributed by atoms with Crippen molar-refractivity contribution in [3.63, 3.8) is 0 Å². The number of imidazole rings is 1. The Morgan fingerprint density at radius 3 is 2.88 bits per heavy atom. The Labute approximate surface area is 94.5 Å². The molecule has 2 aromatic heterocycles. The number of rotatable bonds is 3. The lowest BCUT2D eigenvalue weighted by molar-refractivity contribution is -0.135. The summed E-state index contributed by atoms with van der Waals surface area (Å²) in [6.07, 6.45) is 1.27.